The van der Waals surface area contributed by atoms with Crippen molar-refractivity contribution in [2.75, 3.05) is 31.1 Å². The van der Waals surface area contributed by atoms with Crippen LogP contribution in [0.3, 0.4) is 0 Å². The second kappa shape index (κ2) is 6.10. The van der Waals surface area contributed by atoms with Gasteiger partial charge in [0.05, 0.1) is 12.4 Å². The fourth-order valence-corrected chi connectivity index (χ4v) is 2.56. The summed E-state index contributed by atoms with van der Waals surface area (Å²) < 4.78 is 0. The lowest BCUT2D eigenvalue weighted by molar-refractivity contribution is 0.0740. The summed E-state index contributed by atoms with van der Waals surface area (Å²) in [7, 11) is 0. The zero-order chi connectivity index (χ0) is 14.7. The van der Waals surface area contributed by atoms with Crippen molar-refractivity contribution in [3.8, 4) is 0 Å². The highest BCUT2D eigenvalue weighted by Gasteiger charge is 2.23. The van der Waals surface area contributed by atoms with Gasteiger partial charge in [0.2, 0.25) is 0 Å². The van der Waals surface area contributed by atoms with Crippen molar-refractivity contribution in [2.45, 2.75) is 0 Å². The topological polar surface area (TPSA) is 49.3 Å². The van der Waals surface area contributed by atoms with Gasteiger partial charge in [-0.1, -0.05) is 29.8 Å². The molecule has 3 rings (SSSR count). The molecule has 0 bridgehead atoms. The molecule has 0 radical (unpaired) electrons. The minimum atomic E-state index is -0.113. The molecule has 5 nitrogen and oxygen atoms in total. The van der Waals surface area contributed by atoms with Gasteiger partial charge in [-0.2, -0.15) is 0 Å². The molecule has 2 heterocycles. The normalized spacial score (nSPS) is 15.1. The molecule has 21 heavy (non-hydrogen) atoms. The molecule has 1 amide bonds. The lowest BCUT2D eigenvalue weighted by Crippen LogP contribution is -2.49. The average Bonchev–Trinajstić information content (AvgIpc) is 2.55. The van der Waals surface area contributed by atoms with Crippen molar-refractivity contribution in [2.24, 2.45) is 0 Å². The summed E-state index contributed by atoms with van der Waals surface area (Å²) in [5, 5.41) is 0.240. The van der Waals surface area contributed by atoms with Crippen molar-refractivity contribution in [1.29, 1.82) is 0 Å². The van der Waals surface area contributed by atoms with Gasteiger partial charge in [0.15, 0.2) is 0 Å². The number of rotatable bonds is 2. The first-order valence-electron chi connectivity index (χ1n) is 6.81. The molecule has 0 spiro atoms. The van der Waals surface area contributed by atoms with E-state index >= 15 is 0 Å². The monoisotopic (exact) mass is 302 g/mol. The summed E-state index contributed by atoms with van der Waals surface area (Å²) in [6, 6.07) is 10.2. The van der Waals surface area contributed by atoms with E-state index in [0.29, 0.717) is 18.8 Å². The number of amides is 1. The Hall–Kier alpha value is -2.14. The number of nitrogens with zero attached hydrogens (tertiary/aromatic N) is 4. The van der Waals surface area contributed by atoms with E-state index in [0.717, 1.165) is 13.1 Å². The Morgan fingerprint density at radius 3 is 2.43 bits per heavy atom. The number of hydrogen-bond donors (Lipinski definition) is 0. The number of benzene rings is 1. The van der Waals surface area contributed by atoms with Crippen LogP contribution in [0.15, 0.2) is 42.7 Å². The van der Waals surface area contributed by atoms with Gasteiger partial charge in [0, 0.05) is 31.9 Å². The average molecular weight is 303 g/mol. The van der Waals surface area contributed by atoms with E-state index in [2.05, 4.69) is 27.0 Å². The van der Waals surface area contributed by atoms with Crippen molar-refractivity contribution in [3.63, 3.8) is 0 Å². The summed E-state index contributed by atoms with van der Waals surface area (Å²) in [4.78, 5) is 24.3. The highest BCUT2D eigenvalue weighted by Crippen LogP contribution is 2.16. The molecule has 1 aliphatic rings. The number of halogens is 1. The van der Waals surface area contributed by atoms with E-state index in [4.69, 9.17) is 11.6 Å². The highest BCUT2D eigenvalue weighted by atomic mass is 35.5. The van der Waals surface area contributed by atoms with Gasteiger partial charge >= 0.3 is 0 Å². The third-order valence-corrected chi connectivity index (χ3v) is 3.69. The molecule has 1 aliphatic heterocycles. The Labute approximate surface area is 128 Å². The molecule has 0 N–H and O–H groups in total. The lowest BCUT2D eigenvalue weighted by Gasteiger charge is -2.35. The highest BCUT2D eigenvalue weighted by molar-refractivity contribution is 6.29. The van der Waals surface area contributed by atoms with Gasteiger partial charge in [-0.25, -0.2) is 4.98 Å². The Kier molecular flexibility index (Phi) is 4.01. The van der Waals surface area contributed by atoms with Gasteiger partial charge < -0.3 is 9.80 Å². The second-order valence-corrected chi connectivity index (χ2v) is 5.23. The minimum absolute atomic E-state index is 0.113. The molecule has 1 saturated heterocycles. The van der Waals surface area contributed by atoms with Gasteiger partial charge in [-0.3, -0.25) is 9.78 Å². The summed E-state index contributed by atoms with van der Waals surface area (Å²) in [6.45, 7) is 2.96. The molecule has 2 aromatic rings. The van der Waals surface area contributed by atoms with E-state index in [1.165, 1.54) is 18.1 Å². The lowest BCUT2D eigenvalue weighted by atomic mass is 10.2. The summed E-state index contributed by atoms with van der Waals surface area (Å²) in [5.41, 5.74) is 1.49. The van der Waals surface area contributed by atoms with Crippen molar-refractivity contribution >= 4 is 23.2 Å². The molecule has 1 aromatic carbocycles. The first-order valence-corrected chi connectivity index (χ1v) is 7.18. The van der Waals surface area contributed by atoms with Crippen LogP contribution >= 0.6 is 11.6 Å². The van der Waals surface area contributed by atoms with Crippen LogP contribution in [0.4, 0.5) is 5.69 Å². The molecule has 108 valence electrons. The summed E-state index contributed by atoms with van der Waals surface area (Å²) in [5.74, 6) is -0.113. The van der Waals surface area contributed by atoms with E-state index in [9.17, 15) is 4.79 Å². The van der Waals surface area contributed by atoms with Crippen molar-refractivity contribution in [1.82, 2.24) is 14.9 Å². The van der Waals surface area contributed by atoms with E-state index in [1.807, 2.05) is 18.2 Å². The number of piperazine rings is 1. The molecule has 0 atom stereocenters. The molecular weight excluding hydrogens is 288 g/mol. The number of para-hydroxylation sites is 1. The Bertz CT molecular complexity index is 627. The number of carbonyl (C=O) groups is 1. The minimum Gasteiger partial charge on any atom is -0.368 e. The molecular formula is C15H15ClN4O. The molecule has 0 aliphatic carbocycles. The Morgan fingerprint density at radius 1 is 1.05 bits per heavy atom. The van der Waals surface area contributed by atoms with Crippen LogP contribution in [0.2, 0.25) is 5.15 Å². The quantitative estimate of drug-likeness (QED) is 0.852. The molecule has 0 unspecified atom stereocenters. The maximum absolute atomic E-state index is 12.3. The zero-order valence-corrected chi connectivity index (χ0v) is 12.2. The maximum Gasteiger partial charge on any atom is 0.274 e. The van der Waals surface area contributed by atoms with Crippen molar-refractivity contribution < 1.29 is 4.79 Å². The first-order chi connectivity index (χ1) is 10.2. The molecule has 6 heteroatoms. The van der Waals surface area contributed by atoms with Gasteiger partial charge in [-0.15, -0.1) is 0 Å². The largest absolute Gasteiger partial charge is 0.368 e. The SMILES string of the molecule is O=C(c1cncc(Cl)n1)N1CCN(c2ccccc2)CC1. The second-order valence-electron chi connectivity index (χ2n) is 4.84. The number of hydrogen-bond acceptors (Lipinski definition) is 4. The van der Waals surface area contributed by atoms with Gasteiger partial charge in [0.1, 0.15) is 10.8 Å². The molecule has 0 saturated carbocycles. The third-order valence-electron chi connectivity index (χ3n) is 3.51. The van der Waals surface area contributed by atoms with Crippen LogP contribution in [0, 0.1) is 0 Å². The summed E-state index contributed by atoms with van der Waals surface area (Å²) in [6.07, 6.45) is 2.88. The predicted molar refractivity (Wildman–Crippen MR) is 81.6 cm³/mol. The fourth-order valence-electron chi connectivity index (χ4n) is 2.41. The maximum atomic E-state index is 12.3. The fraction of sp³-hybridized carbons (Fsp3) is 0.267. The molecule has 1 fully saturated rings. The van der Waals surface area contributed by atoms with Crippen LogP contribution in [-0.4, -0.2) is 47.0 Å². The van der Waals surface area contributed by atoms with Crippen LogP contribution in [0.5, 0.6) is 0 Å². The van der Waals surface area contributed by atoms with Gasteiger partial charge in [-0.05, 0) is 12.1 Å². The molecule has 1 aromatic heterocycles. The van der Waals surface area contributed by atoms with Crippen LogP contribution in [0.1, 0.15) is 10.5 Å². The summed E-state index contributed by atoms with van der Waals surface area (Å²) >= 11 is 5.78. The smallest absolute Gasteiger partial charge is 0.274 e. The number of carbonyl (C=O) groups excluding carboxylic acids is 1. The number of anilines is 1. The van der Waals surface area contributed by atoms with Crippen LogP contribution in [0.25, 0.3) is 0 Å². The standard InChI is InChI=1S/C15H15ClN4O/c16-14-11-17-10-13(18-14)15(21)20-8-6-19(7-9-20)12-4-2-1-3-5-12/h1-5,10-11H,6-9H2. The van der Waals surface area contributed by atoms with Crippen molar-refractivity contribution in [3.05, 3.63) is 53.6 Å². The third kappa shape index (κ3) is 3.13. The van der Waals surface area contributed by atoms with E-state index in [-0.39, 0.29) is 11.1 Å². The van der Waals surface area contributed by atoms with E-state index in [1.54, 1.807) is 4.90 Å². The van der Waals surface area contributed by atoms with Crippen LogP contribution < -0.4 is 4.90 Å². The zero-order valence-electron chi connectivity index (χ0n) is 11.4. The van der Waals surface area contributed by atoms with E-state index < -0.39 is 0 Å². The Morgan fingerprint density at radius 2 is 1.76 bits per heavy atom. The Balaban J connectivity index is 1.64. The van der Waals surface area contributed by atoms with Gasteiger partial charge in [0.25, 0.3) is 5.91 Å². The number of aromatic nitrogens is 2. The first kappa shape index (κ1) is 13.8. The van der Waals surface area contributed by atoms with Crippen LogP contribution in [-0.2, 0) is 0 Å². The predicted octanol–water partition coefficient (Wildman–Crippen LogP) is 2.09.